The Morgan fingerprint density at radius 2 is 1.40 bits per heavy atom. The number of piperazine rings is 1. The second-order valence-corrected chi connectivity index (χ2v) is 8.00. The van der Waals surface area contributed by atoms with Crippen LogP contribution in [0.4, 0.5) is 11.8 Å². The topological polar surface area (TPSA) is 91.2 Å². The van der Waals surface area contributed by atoms with E-state index in [-0.39, 0.29) is 0 Å². The molecule has 1 aliphatic rings. The molecule has 40 heavy (non-hydrogen) atoms. The SMILES string of the molecule is C#C.CC.CC.CCC.CNC=O.CNc1c(C)c(-c2cnc(N3CCN(C)CC3)nc2)nn1-c1ccccc1. The van der Waals surface area contributed by atoms with Crippen LogP contribution in [0.25, 0.3) is 16.9 Å². The molecule has 0 radical (unpaired) electrons. The number of aromatic nitrogens is 4. The maximum Gasteiger partial charge on any atom is 0.225 e. The molecule has 1 saturated heterocycles. The summed E-state index contributed by atoms with van der Waals surface area (Å²) in [5, 5.41) is 10.3. The van der Waals surface area contributed by atoms with Crippen LogP contribution in [0.5, 0.6) is 0 Å². The van der Waals surface area contributed by atoms with Gasteiger partial charge in [-0.25, -0.2) is 14.6 Å². The molecule has 0 bridgehead atoms. The molecule has 2 N–H and O–H groups in total. The number of nitrogens with zero attached hydrogens (tertiary/aromatic N) is 6. The average Bonchev–Trinajstić information content (AvgIpc) is 3.37. The highest BCUT2D eigenvalue weighted by Gasteiger charge is 2.19. The van der Waals surface area contributed by atoms with Gasteiger partial charge in [0.1, 0.15) is 11.5 Å². The maximum absolute atomic E-state index is 9.06. The number of nitrogens with one attached hydrogen (secondary N) is 2. The van der Waals surface area contributed by atoms with E-state index >= 15 is 0 Å². The van der Waals surface area contributed by atoms with Crippen molar-refractivity contribution in [1.29, 1.82) is 0 Å². The van der Waals surface area contributed by atoms with E-state index in [0.29, 0.717) is 6.41 Å². The van der Waals surface area contributed by atoms with Gasteiger partial charge in [-0.15, -0.1) is 12.8 Å². The first kappa shape index (κ1) is 38.2. The first-order chi connectivity index (χ1) is 19.5. The maximum atomic E-state index is 9.06. The molecule has 3 heterocycles. The number of likely N-dealkylation sites (N-methyl/N-ethyl adjacent to an activating group) is 1. The van der Waals surface area contributed by atoms with Crippen LogP contribution in [0.2, 0.25) is 0 Å². The molecule has 3 aromatic rings. The van der Waals surface area contributed by atoms with E-state index in [2.05, 4.69) is 71.1 Å². The lowest BCUT2D eigenvalue weighted by atomic mass is 10.1. The van der Waals surface area contributed by atoms with E-state index in [0.717, 1.165) is 60.5 Å². The Hall–Kier alpha value is -3.90. The molecule has 9 heteroatoms. The number of amides is 1. The minimum atomic E-state index is 0.625. The van der Waals surface area contributed by atoms with Crippen molar-refractivity contribution in [2.75, 3.05) is 57.5 Å². The zero-order valence-electron chi connectivity index (χ0n) is 26.4. The lowest BCUT2D eigenvalue weighted by Crippen LogP contribution is -2.45. The largest absolute Gasteiger partial charge is 0.373 e. The molecule has 2 aromatic heterocycles. The molecular weight excluding hydrogens is 500 g/mol. The van der Waals surface area contributed by atoms with Gasteiger partial charge in [0.15, 0.2) is 0 Å². The minimum absolute atomic E-state index is 0.625. The fourth-order valence-corrected chi connectivity index (χ4v) is 3.43. The molecule has 4 rings (SSSR count). The van der Waals surface area contributed by atoms with Crippen molar-refractivity contribution in [1.82, 2.24) is 30.0 Å². The number of anilines is 2. The van der Waals surface area contributed by atoms with E-state index in [1.165, 1.54) is 6.42 Å². The number of hydrogen-bond acceptors (Lipinski definition) is 7. The summed E-state index contributed by atoms with van der Waals surface area (Å²) in [5.41, 5.74) is 3.92. The smallest absolute Gasteiger partial charge is 0.225 e. The van der Waals surface area contributed by atoms with Crippen molar-refractivity contribution >= 4 is 18.2 Å². The normalized spacial score (nSPS) is 11.6. The highest BCUT2D eigenvalue weighted by atomic mass is 16.1. The monoisotopic (exact) mass is 552 g/mol. The van der Waals surface area contributed by atoms with Crippen LogP contribution in [0, 0.1) is 19.8 Å². The average molecular weight is 553 g/mol. The van der Waals surface area contributed by atoms with Gasteiger partial charge in [-0.3, -0.25) is 4.79 Å². The number of terminal acetylenes is 1. The molecule has 1 amide bonds. The van der Waals surface area contributed by atoms with Gasteiger partial charge in [0.05, 0.1) is 5.69 Å². The quantitative estimate of drug-likeness (QED) is 0.318. The third kappa shape index (κ3) is 12.3. The van der Waals surface area contributed by atoms with Gasteiger partial charge in [-0.2, -0.15) is 5.10 Å². The van der Waals surface area contributed by atoms with Crippen LogP contribution in [0.15, 0.2) is 42.7 Å². The standard InChI is InChI=1S/C20H25N7.C3H8.C2H5NO.2C2H6.C2H2/c1-15-18(24-27(19(15)21-2)17-7-5-4-6-8-17)16-13-22-20(23-14-16)26-11-9-25(3)10-12-26;1-3-2;1-3-2-4;3*1-2/h4-8,13-14,21H,9-12H2,1-3H3;3H2,1-2H3;2H,1H3,(H,3,4);2*1-2H3;1-2H. The van der Waals surface area contributed by atoms with Gasteiger partial charge in [-0.1, -0.05) is 66.2 Å². The molecule has 0 unspecified atom stereocenters. The van der Waals surface area contributed by atoms with Crippen LogP contribution in [-0.2, 0) is 4.79 Å². The fourth-order valence-electron chi connectivity index (χ4n) is 3.43. The van der Waals surface area contributed by atoms with Gasteiger partial charge in [0, 0.05) is 63.8 Å². The number of rotatable bonds is 5. The van der Waals surface area contributed by atoms with Gasteiger partial charge >= 0.3 is 0 Å². The lowest BCUT2D eigenvalue weighted by molar-refractivity contribution is -0.109. The summed E-state index contributed by atoms with van der Waals surface area (Å²) < 4.78 is 1.93. The number of carbonyl (C=O) groups is 1. The van der Waals surface area contributed by atoms with Gasteiger partial charge in [0.25, 0.3) is 0 Å². The van der Waals surface area contributed by atoms with E-state index in [1.807, 2.05) is 82.1 Å². The third-order valence-electron chi connectivity index (χ3n) is 5.18. The van der Waals surface area contributed by atoms with Crippen molar-refractivity contribution in [2.24, 2.45) is 0 Å². The van der Waals surface area contributed by atoms with E-state index in [9.17, 15) is 0 Å². The number of para-hydroxylation sites is 1. The number of benzene rings is 1. The van der Waals surface area contributed by atoms with Crippen molar-refractivity contribution in [2.45, 2.75) is 54.9 Å². The summed E-state index contributed by atoms with van der Waals surface area (Å²) >= 11 is 0. The van der Waals surface area contributed by atoms with E-state index in [4.69, 9.17) is 9.89 Å². The first-order valence-corrected chi connectivity index (χ1v) is 14.0. The summed E-state index contributed by atoms with van der Waals surface area (Å²) in [6.45, 7) is 18.3. The molecule has 0 spiro atoms. The number of carbonyl (C=O) groups excluding carboxylic acids is 1. The van der Waals surface area contributed by atoms with Crippen molar-refractivity contribution in [3.05, 3.63) is 48.3 Å². The third-order valence-corrected chi connectivity index (χ3v) is 5.18. The Labute approximate surface area is 243 Å². The molecule has 1 aliphatic heterocycles. The zero-order valence-corrected chi connectivity index (χ0v) is 26.4. The Balaban J connectivity index is 0. The molecule has 0 aliphatic carbocycles. The molecule has 222 valence electrons. The van der Waals surface area contributed by atoms with Crippen LogP contribution in [0.3, 0.4) is 0 Å². The molecular formula is C31H52N8O. The summed E-state index contributed by atoms with van der Waals surface area (Å²) in [7, 11) is 5.62. The second-order valence-electron chi connectivity index (χ2n) is 8.00. The van der Waals surface area contributed by atoms with Crippen LogP contribution in [-0.4, -0.2) is 78.4 Å². The summed E-state index contributed by atoms with van der Waals surface area (Å²) in [5.74, 6) is 1.76. The Morgan fingerprint density at radius 3 is 1.82 bits per heavy atom. The predicted octanol–water partition coefficient (Wildman–Crippen LogP) is 5.51. The van der Waals surface area contributed by atoms with E-state index < -0.39 is 0 Å². The van der Waals surface area contributed by atoms with Gasteiger partial charge in [-0.05, 0) is 26.1 Å². The fraction of sp³-hybridized carbons (Fsp3) is 0.484. The number of hydrogen-bond donors (Lipinski definition) is 2. The van der Waals surface area contributed by atoms with E-state index in [1.54, 1.807) is 7.05 Å². The highest BCUT2D eigenvalue weighted by molar-refractivity contribution is 5.69. The Bertz CT molecular complexity index is 1020. The van der Waals surface area contributed by atoms with Crippen molar-refractivity contribution in [3.63, 3.8) is 0 Å². The Morgan fingerprint density at radius 1 is 0.925 bits per heavy atom. The van der Waals surface area contributed by atoms with Crippen LogP contribution >= 0.6 is 0 Å². The molecule has 1 fully saturated rings. The first-order valence-electron chi connectivity index (χ1n) is 14.0. The molecule has 0 atom stereocenters. The van der Waals surface area contributed by atoms with Gasteiger partial charge < -0.3 is 20.4 Å². The summed E-state index contributed by atoms with van der Waals surface area (Å²) in [6.07, 6.45) is 13.6. The highest BCUT2D eigenvalue weighted by Crippen LogP contribution is 2.29. The van der Waals surface area contributed by atoms with Crippen molar-refractivity contribution < 1.29 is 4.79 Å². The molecule has 1 aromatic carbocycles. The summed E-state index contributed by atoms with van der Waals surface area (Å²) in [4.78, 5) is 22.8. The zero-order chi connectivity index (χ0) is 30.9. The Kier molecular flexibility index (Phi) is 23.1. The second kappa shape index (κ2) is 24.2. The predicted molar refractivity (Wildman–Crippen MR) is 172 cm³/mol. The van der Waals surface area contributed by atoms with Crippen LogP contribution < -0.4 is 15.5 Å². The van der Waals surface area contributed by atoms with Crippen molar-refractivity contribution in [3.8, 4) is 29.8 Å². The molecule has 0 saturated carbocycles. The minimum Gasteiger partial charge on any atom is -0.373 e. The lowest BCUT2D eigenvalue weighted by Gasteiger charge is -2.32. The van der Waals surface area contributed by atoms with Gasteiger partial charge in [0.2, 0.25) is 12.4 Å². The van der Waals surface area contributed by atoms with Crippen LogP contribution in [0.1, 0.15) is 53.5 Å². The molecule has 9 nitrogen and oxygen atoms in total. The summed E-state index contributed by atoms with van der Waals surface area (Å²) in [6, 6.07) is 10.1.